The van der Waals surface area contributed by atoms with Gasteiger partial charge in [-0.2, -0.15) is 0 Å². The number of carboxylic acid groups (broad SMARTS) is 1. The van der Waals surface area contributed by atoms with Crippen molar-refractivity contribution >= 4 is 28.2 Å². The molecule has 2 heterocycles. The Hall–Kier alpha value is -2.30. The van der Waals surface area contributed by atoms with Crippen LogP contribution in [-0.2, 0) is 4.79 Å². The van der Waals surface area contributed by atoms with Gasteiger partial charge < -0.3 is 15.7 Å². The lowest BCUT2D eigenvalue weighted by atomic mass is 9.97. The van der Waals surface area contributed by atoms with Gasteiger partial charge in [0.15, 0.2) is 0 Å². The minimum atomic E-state index is -0.695. The van der Waals surface area contributed by atoms with Crippen LogP contribution in [0, 0.1) is 5.92 Å². The standard InChI is InChI=1S/C15H17N3O2/c16-12-2-1-10-3-6-17-14(13(10)9-12)18-7-4-11(5-8-18)15(19)20/h1-3,6,9,11H,4-5,7-8,16H2,(H,19,20). The molecule has 5 heteroatoms. The highest BCUT2D eigenvalue weighted by atomic mass is 16.4. The molecule has 1 aliphatic rings. The highest BCUT2D eigenvalue weighted by Crippen LogP contribution is 2.29. The lowest BCUT2D eigenvalue weighted by Crippen LogP contribution is -2.36. The first-order valence-electron chi connectivity index (χ1n) is 6.77. The molecule has 104 valence electrons. The Balaban J connectivity index is 1.91. The molecule has 0 atom stereocenters. The third kappa shape index (κ3) is 2.27. The first-order valence-corrected chi connectivity index (χ1v) is 6.77. The van der Waals surface area contributed by atoms with Crippen molar-refractivity contribution in [1.82, 2.24) is 4.98 Å². The third-order valence-electron chi connectivity index (χ3n) is 3.91. The number of benzene rings is 1. The molecule has 3 N–H and O–H groups in total. The van der Waals surface area contributed by atoms with Crippen LogP contribution in [0.1, 0.15) is 12.8 Å². The molecule has 5 nitrogen and oxygen atoms in total. The van der Waals surface area contributed by atoms with E-state index in [-0.39, 0.29) is 5.92 Å². The summed E-state index contributed by atoms with van der Waals surface area (Å²) in [5, 5.41) is 11.2. The van der Waals surface area contributed by atoms with E-state index in [9.17, 15) is 4.79 Å². The molecule has 1 aliphatic heterocycles. The maximum Gasteiger partial charge on any atom is 0.306 e. The molecule has 0 aliphatic carbocycles. The van der Waals surface area contributed by atoms with E-state index < -0.39 is 5.97 Å². The summed E-state index contributed by atoms with van der Waals surface area (Å²) in [6, 6.07) is 7.76. The van der Waals surface area contributed by atoms with Gasteiger partial charge in [-0.25, -0.2) is 4.98 Å². The molecular weight excluding hydrogens is 254 g/mol. The zero-order valence-corrected chi connectivity index (χ0v) is 11.1. The van der Waals surface area contributed by atoms with Gasteiger partial charge in [-0.05, 0) is 36.4 Å². The molecule has 0 bridgehead atoms. The van der Waals surface area contributed by atoms with Crippen molar-refractivity contribution in [2.45, 2.75) is 12.8 Å². The number of rotatable bonds is 2. The molecule has 1 aromatic heterocycles. The first kappa shape index (κ1) is 12.7. The third-order valence-corrected chi connectivity index (χ3v) is 3.91. The Bertz CT molecular complexity index is 649. The van der Waals surface area contributed by atoms with Crippen molar-refractivity contribution in [3.8, 4) is 0 Å². The fraction of sp³-hybridized carbons (Fsp3) is 0.333. The minimum Gasteiger partial charge on any atom is -0.481 e. The smallest absolute Gasteiger partial charge is 0.306 e. The van der Waals surface area contributed by atoms with Crippen LogP contribution in [0.2, 0.25) is 0 Å². The number of anilines is 2. The summed E-state index contributed by atoms with van der Waals surface area (Å²) >= 11 is 0. The van der Waals surface area contributed by atoms with Crippen molar-refractivity contribution in [3.63, 3.8) is 0 Å². The van der Waals surface area contributed by atoms with E-state index in [1.54, 1.807) is 6.20 Å². The monoisotopic (exact) mass is 271 g/mol. The van der Waals surface area contributed by atoms with E-state index in [0.717, 1.165) is 29.7 Å². The molecule has 20 heavy (non-hydrogen) atoms. The number of nitrogens with zero attached hydrogens (tertiary/aromatic N) is 2. The van der Waals surface area contributed by atoms with Gasteiger partial charge in [0.05, 0.1) is 5.92 Å². The molecule has 0 amide bonds. The largest absolute Gasteiger partial charge is 0.481 e. The molecule has 2 aromatic rings. The first-order chi connectivity index (χ1) is 9.65. The van der Waals surface area contributed by atoms with E-state index in [1.165, 1.54) is 0 Å². The van der Waals surface area contributed by atoms with Gasteiger partial charge in [-0.3, -0.25) is 4.79 Å². The van der Waals surface area contributed by atoms with Crippen LogP contribution in [0.25, 0.3) is 10.8 Å². The van der Waals surface area contributed by atoms with Crippen molar-refractivity contribution in [2.24, 2.45) is 5.92 Å². The summed E-state index contributed by atoms with van der Waals surface area (Å²) in [6.07, 6.45) is 3.11. The molecule has 0 unspecified atom stereocenters. The Labute approximate surface area is 117 Å². The highest BCUT2D eigenvalue weighted by Gasteiger charge is 2.25. The van der Waals surface area contributed by atoms with Crippen LogP contribution in [0.3, 0.4) is 0 Å². The summed E-state index contributed by atoms with van der Waals surface area (Å²) in [6.45, 7) is 1.44. The van der Waals surface area contributed by atoms with E-state index in [2.05, 4.69) is 9.88 Å². The Morgan fingerprint density at radius 2 is 2.05 bits per heavy atom. The number of nitrogens with two attached hydrogens (primary N) is 1. The average Bonchev–Trinajstić information content (AvgIpc) is 2.46. The van der Waals surface area contributed by atoms with E-state index >= 15 is 0 Å². The van der Waals surface area contributed by atoms with E-state index in [1.807, 2.05) is 24.3 Å². The van der Waals surface area contributed by atoms with Crippen LogP contribution in [0.5, 0.6) is 0 Å². The van der Waals surface area contributed by atoms with Crippen LogP contribution in [0.15, 0.2) is 30.5 Å². The minimum absolute atomic E-state index is 0.230. The Kier molecular flexibility index (Phi) is 3.18. The predicted octanol–water partition coefficient (Wildman–Crippen LogP) is 2.12. The average molecular weight is 271 g/mol. The van der Waals surface area contributed by atoms with Crippen molar-refractivity contribution in [1.29, 1.82) is 0 Å². The SMILES string of the molecule is Nc1ccc2ccnc(N3CCC(C(=O)O)CC3)c2c1. The number of carbonyl (C=O) groups is 1. The Morgan fingerprint density at radius 1 is 1.30 bits per heavy atom. The zero-order valence-electron chi connectivity index (χ0n) is 11.1. The second kappa shape index (κ2) is 5.00. The lowest BCUT2D eigenvalue weighted by Gasteiger charge is -2.31. The summed E-state index contributed by atoms with van der Waals surface area (Å²) in [7, 11) is 0. The summed E-state index contributed by atoms with van der Waals surface area (Å²) in [5.41, 5.74) is 6.58. The van der Waals surface area contributed by atoms with Crippen LogP contribution >= 0.6 is 0 Å². The summed E-state index contributed by atoms with van der Waals surface area (Å²) in [4.78, 5) is 17.6. The van der Waals surface area contributed by atoms with Gasteiger partial charge in [0.1, 0.15) is 5.82 Å². The van der Waals surface area contributed by atoms with Crippen LogP contribution in [0.4, 0.5) is 11.5 Å². The Morgan fingerprint density at radius 3 is 2.75 bits per heavy atom. The quantitative estimate of drug-likeness (QED) is 0.818. The molecule has 0 saturated carbocycles. The number of carboxylic acids is 1. The number of pyridine rings is 1. The number of aromatic nitrogens is 1. The van der Waals surface area contributed by atoms with Crippen LogP contribution in [-0.4, -0.2) is 29.1 Å². The van der Waals surface area contributed by atoms with E-state index in [4.69, 9.17) is 10.8 Å². The van der Waals surface area contributed by atoms with E-state index in [0.29, 0.717) is 18.5 Å². The number of aliphatic carboxylic acids is 1. The summed E-state index contributed by atoms with van der Waals surface area (Å²) in [5.74, 6) is -0.0234. The van der Waals surface area contributed by atoms with Gasteiger partial charge in [0.25, 0.3) is 0 Å². The molecule has 1 fully saturated rings. The maximum atomic E-state index is 11.0. The second-order valence-electron chi connectivity index (χ2n) is 5.21. The molecule has 1 aromatic carbocycles. The highest BCUT2D eigenvalue weighted by molar-refractivity contribution is 5.94. The van der Waals surface area contributed by atoms with Crippen molar-refractivity contribution < 1.29 is 9.90 Å². The number of nitrogen functional groups attached to an aromatic ring is 1. The number of piperidine rings is 1. The van der Waals surface area contributed by atoms with Gasteiger partial charge in [-0.1, -0.05) is 6.07 Å². The molecule has 0 spiro atoms. The van der Waals surface area contributed by atoms with Gasteiger partial charge in [0, 0.05) is 30.4 Å². The predicted molar refractivity (Wildman–Crippen MR) is 78.7 cm³/mol. The van der Waals surface area contributed by atoms with Crippen molar-refractivity contribution in [3.05, 3.63) is 30.5 Å². The maximum absolute atomic E-state index is 11.0. The molecule has 0 radical (unpaired) electrons. The number of fused-ring (bicyclic) bond motifs is 1. The fourth-order valence-electron chi connectivity index (χ4n) is 2.76. The molecule has 3 rings (SSSR count). The zero-order chi connectivity index (χ0) is 14.1. The topological polar surface area (TPSA) is 79.5 Å². The lowest BCUT2D eigenvalue weighted by molar-refractivity contribution is -0.142. The molecular formula is C15H17N3O2. The fourth-order valence-corrected chi connectivity index (χ4v) is 2.76. The normalized spacial score (nSPS) is 16.5. The van der Waals surface area contributed by atoms with Gasteiger partial charge in [-0.15, -0.1) is 0 Å². The number of hydrogen-bond donors (Lipinski definition) is 2. The van der Waals surface area contributed by atoms with Gasteiger partial charge in [0.2, 0.25) is 0 Å². The van der Waals surface area contributed by atoms with Crippen molar-refractivity contribution in [2.75, 3.05) is 23.7 Å². The molecule has 1 saturated heterocycles. The second-order valence-corrected chi connectivity index (χ2v) is 5.21. The van der Waals surface area contributed by atoms with Gasteiger partial charge >= 0.3 is 5.97 Å². The summed E-state index contributed by atoms with van der Waals surface area (Å²) < 4.78 is 0. The number of hydrogen-bond acceptors (Lipinski definition) is 4. The van der Waals surface area contributed by atoms with Crippen LogP contribution < -0.4 is 10.6 Å².